The number of carbonyl (C=O) groups excluding carboxylic acids is 2. The number of anilines is 1. The lowest BCUT2D eigenvalue weighted by Gasteiger charge is -2.08. The second-order valence-corrected chi connectivity index (χ2v) is 8.71. The van der Waals surface area contributed by atoms with Gasteiger partial charge in [0.25, 0.3) is 0 Å². The smallest absolute Gasteiger partial charge is 0.231 e. The maximum Gasteiger partial charge on any atom is 0.231 e. The van der Waals surface area contributed by atoms with Gasteiger partial charge in [0.2, 0.25) is 5.91 Å². The molecule has 0 aliphatic heterocycles. The van der Waals surface area contributed by atoms with Gasteiger partial charge >= 0.3 is 0 Å². The van der Waals surface area contributed by atoms with Gasteiger partial charge in [-0.05, 0) is 42.8 Å². The van der Waals surface area contributed by atoms with Crippen LogP contribution in [0.5, 0.6) is 0 Å². The van der Waals surface area contributed by atoms with Crippen LogP contribution in [-0.4, -0.2) is 16.0 Å². The zero-order valence-electron chi connectivity index (χ0n) is 13.3. The van der Waals surface area contributed by atoms with E-state index in [4.69, 9.17) is 58.0 Å². The number of halogens is 5. The van der Waals surface area contributed by atoms with E-state index < -0.39 is 16.2 Å². The van der Waals surface area contributed by atoms with Gasteiger partial charge in [0.1, 0.15) is 4.33 Å². The van der Waals surface area contributed by atoms with E-state index in [0.717, 1.165) is 5.56 Å². The Morgan fingerprint density at radius 1 is 0.962 bits per heavy atom. The fourth-order valence-electron chi connectivity index (χ4n) is 2.87. The molecule has 136 valence electrons. The van der Waals surface area contributed by atoms with E-state index in [1.54, 1.807) is 30.3 Å². The zero-order chi connectivity index (χ0) is 19.2. The van der Waals surface area contributed by atoms with E-state index in [0.29, 0.717) is 26.3 Å². The van der Waals surface area contributed by atoms with Crippen molar-refractivity contribution >= 4 is 75.4 Å². The van der Waals surface area contributed by atoms with E-state index in [9.17, 15) is 9.59 Å². The van der Waals surface area contributed by atoms with Gasteiger partial charge in [0, 0.05) is 17.2 Å². The summed E-state index contributed by atoms with van der Waals surface area (Å²) in [5.41, 5.74) is 1.49. The number of benzene rings is 2. The molecule has 2 aromatic rings. The fraction of sp³-hybridized carbons (Fsp3) is 0.222. The normalized spacial score (nSPS) is 20.5. The summed E-state index contributed by atoms with van der Waals surface area (Å²) in [7, 11) is 0. The summed E-state index contributed by atoms with van der Waals surface area (Å²) in [5, 5.41) is 3.82. The number of Topliss-reactive ketones (excluding diaryl/α,β-unsaturated/α-hetero) is 1. The largest absolute Gasteiger partial charge is 0.326 e. The van der Waals surface area contributed by atoms with Crippen molar-refractivity contribution in [2.75, 3.05) is 5.32 Å². The summed E-state index contributed by atoms with van der Waals surface area (Å²) < 4.78 is -1.25. The summed E-state index contributed by atoms with van der Waals surface area (Å²) in [6, 6.07) is 9.69. The molecule has 3 rings (SSSR count). The van der Waals surface area contributed by atoms with Crippen molar-refractivity contribution in [3.05, 3.63) is 62.6 Å². The molecular weight excluding hydrogens is 439 g/mol. The Labute approximate surface area is 175 Å². The van der Waals surface area contributed by atoms with Crippen molar-refractivity contribution in [3.63, 3.8) is 0 Å². The summed E-state index contributed by atoms with van der Waals surface area (Å²) in [5.74, 6) is -1.64. The van der Waals surface area contributed by atoms with E-state index in [1.165, 1.54) is 13.0 Å². The van der Waals surface area contributed by atoms with Crippen molar-refractivity contribution in [2.24, 2.45) is 5.92 Å². The molecule has 1 fully saturated rings. The first kappa shape index (κ1) is 19.8. The number of ketones is 1. The number of carbonyl (C=O) groups is 2. The minimum absolute atomic E-state index is 0.199. The quantitative estimate of drug-likeness (QED) is 0.433. The van der Waals surface area contributed by atoms with Gasteiger partial charge in [-0.3, -0.25) is 9.59 Å². The number of amides is 1. The molecule has 8 heteroatoms. The highest BCUT2D eigenvalue weighted by Gasteiger charge is 2.67. The number of rotatable bonds is 4. The van der Waals surface area contributed by atoms with Crippen LogP contribution in [0.1, 0.15) is 28.8 Å². The van der Waals surface area contributed by atoms with Gasteiger partial charge < -0.3 is 5.32 Å². The second-order valence-electron chi connectivity index (χ2n) is 6.04. The highest BCUT2D eigenvalue weighted by atomic mass is 35.5. The number of alkyl halides is 2. The zero-order valence-corrected chi connectivity index (χ0v) is 17.1. The maximum atomic E-state index is 12.6. The molecule has 1 amide bonds. The van der Waals surface area contributed by atoms with Gasteiger partial charge in [-0.1, -0.05) is 40.9 Å². The molecule has 0 saturated heterocycles. The lowest BCUT2D eigenvalue weighted by Crippen LogP contribution is -2.17. The summed E-state index contributed by atoms with van der Waals surface area (Å²) in [6.45, 7) is 1.40. The molecule has 2 unspecified atom stereocenters. The molecule has 26 heavy (non-hydrogen) atoms. The molecule has 0 bridgehead atoms. The highest BCUT2D eigenvalue weighted by molar-refractivity contribution is 6.53. The molecule has 1 saturated carbocycles. The first-order chi connectivity index (χ1) is 12.1. The monoisotopic (exact) mass is 449 g/mol. The van der Waals surface area contributed by atoms with Crippen molar-refractivity contribution in [3.8, 4) is 0 Å². The van der Waals surface area contributed by atoms with Crippen molar-refractivity contribution in [2.45, 2.75) is 17.2 Å². The average molecular weight is 452 g/mol. The van der Waals surface area contributed by atoms with Crippen LogP contribution in [0, 0.1) is 5.92 Å². The molecular formula is C18H12Cl5NO2. The SMILES string of the molecule is CC(=O)c1cc(NC(=O)C2C(c3ccc(Cl)c(Cl)c3)C2(Cl)Cl)ccc1Cl. The Bertz CT molecular complexity index is 912. The first-order valence-electron chi connectivity index (χ1n) is 7.57. The first-order valence-corrected chi connectivity index (χ1v) is 9.46. The Kier molecular flexibility index (Phi) is 5.49. The van der Waals surface area contributed by atoms with Crippen LogP contribution in [0.15, 0.2) is 36.4 Å². The van der Waals surface area contributed by atoms with Crippen LogP contribution < -0.4 is 5.32 Å². The molecule has 1 aliphatic carbocycles. The Morgan fingerprint density at radius 2 is 1.62 bits per heavy atom. The van der Waals surface area contributed by atoms with Crippen molar-refractivity contribution < 1.29 is 9.59 Å². The second kappa shape index (κ2) is 7.21. The third-order valence-corrected chi connectivity index (χ3v) is 6.26. The van der Waals surface area contributed by atoms with Gasteiger partial charge in [-0.15, -0.1) is 23.2 Å². The number of hydrogen-bond acceptors (Lipinski definition) is 2. The third kappa shape index (κ3) is 3.69. The molecule has 0 spiro atoms. The molecule has 2 atom stereocenters. The van der Waals surface area contributed by atoms with Crippen LogP contribution in [-0.2, 0) is 4.79 Å². The molecule has 0 radical (unpaired) electrons. The lowest BCUT2D eigenvalue weighted by molar-refractivity contribution is -0.117. The standard InChI is InChI=1S/C18H12Cl5NO2/c1-8(25)11-7-10(3-5-12(11)19)24-17(26)16-15(18(16,22)23)9-2-4-13(20)14(21)6-9/h2-7,15-16H,1H3,(H,24,26). The Balaban J connectivity index is 1.81. The Morgan fingerprint density at radius 3 is 2.23 bits per heavy atom. The van der Waals surface area contributed by atoms with Crippen molar-refractivity contribution in [1.82, 2.24) is 0 Å². The van der Waals surface area contributed by atoms with Gasteiger partial charge in [-0.25, -0.2) is 0 Å². The molecule has 1 N–H and O–H groups in total. The van der Waals surface area contributed by atoms with E-state index in [2.05, 4.69) is 5.32 Å². The van der Waals surface area contributed by atoms with E-state index in [1.807, 2.05) is 0 Å². The molecule has 0 heterocycles. The minimum atomic E-state index is -1.25. The predicted molar refractivity (Wildman–Crippen MR) is 107 cm³/mol. The van der Waals surface area contributed by atoms with Crippen LogP contribution in [0.2, 0.25) is 15.1 Å². The highest BCUT2D eigenvalue weighted by Crippen LogP contribution is 2.65. The minimum Gasteiger partial charge on any atom is -0.326 e. The number of hydrogen-bond donors (Lipinski definition) is 1. The van der Waals surface area contributed by atoms with Crippen molar-refractivity contribution in [1.29, 1.82) is 0 Å². The fourth-order valence-corrected chi connectivity index (χ4v) is 4.25. The van der Waals surface area contributed by atoms with Gasteiger partial charge in [0.15, 0.2) is 5.78 Å². The Hall–Kier alpha value is -0.970. The predicted octanol–water partition coefficient (Wildman–Crippen LogP) is 6.38. The van der Waals surface area contributed by atoms with Crippen LogP contribution in [0.3, 0.4) is 0 Å². The van der Waals surface area contributed by atoms with Gasteiger partial charge in [0.05, 0.1) is 21.0 Å². The lowest BCUT2D eigenvalue weighted by atomic mass is 10.1. The number of nitrogens with one attached hydrogen (secondary N) is 1. The van der Waals surface area contributed by atoms with Gasteiger partial charge in [-0.2, -0.15) is 0 Å². The third-order valence-electron chi connectivity index (χ3n) is 4.25. The summed E-state index contributed by atoms with van der Waals surface area (Å²) >= 11 is 30.6. The topological polar surface area (TPSA) is 46.2 Å². The van der Waals surface area contributed by atoms with E-state index in [-0.39, 0.29) is 11.7 Å². The maximum absolute atomic E-state index is 12.6. The van der Waals surface area contributed by atoms with Crippen LogP contribution in [0.25, 0.3) is 0 Å². The molecule has 3 nitrogen and oxygen atoms in total. The summed E-state index contributed by atoms with van der Waals surface area (Å²) in [6.07, 6.45) is 0. The average Bonchev–Trinajstić information content (AvgIpc) is 3.14. The van der Waals surface area contributed by atoms with Crippen LogP contribution in [0.4, 0.5) is 5.69 Å². The molecule has 1 aliphatic rings. The van der Waals surface area contributed by atoms with E-state index >= 15 is 0 Å². The molecule has 2 aromatic carbocycles. The molecule has 0 aromatic heterocycles. The summed E-state index contributed by atoms with van der Waals surface area (Å²) in [4.78, 5) is 24.2. The van der Waals surface area contributed by atoms with Crippen LogP contribution >= 0.6 is 58.0 Å².